The predicted octanol–water partition coefficient (Wildman–Crippen LogP) is 3.24. The van der Waals surface area contributed by atoms with Crippen LogP contribution >= 0.6 is 11.8 Å². The van der Waals surface area contributed by atoms with Crippen LogP contribution in [0.1, 0.15) is 36.2 Å². The molecule has 0 aliphatic rings. The Morgan fingerprint density at radius 3 is 2.61 bits per heavy atom. The molecule has 162 valence electrons. The number of methoxy groups -OCH3 is 1. The zero-order valence-corrected chi connectivity index (χ0v) is 18.6. The minimum absolute atomic E-state index is 0.115. The molecule has 0 spiro atoms. The van der Waals surface area contributed by atoms with Gasteiger partial charge in [0, 0.05) is 6.54 Å². The number of carbonyl (C=O) groups excluding carboxylic acids is 2. The van der Waals surface area contributed by atoms with Crippen LogP contribution < -0.4 is 10.9 Å². The van der Waals surface area contributed by atoms with Gasteiger partial charge in [0.15, 0.2) is 5.16 Å². The van der Waals surface area contributed by atoms with E-state index in [-0.39, 0.29) is 11.5 Å². The molecule has 0 unspecified atom stereocenters. The third-order valence-corrected chi connectivity index (χ3v) is 5.82. The van der Waals surface area contributed by atoms with Gasteiger partial charge in [-0.25, -0.2) is 9.78 Å². The van der Waals surface area contributed by atoms with E-state index in [9.17, 15) is 14.4 Å². The van der Waals surface area contributed by atoms with Crippen molar-refractivity contribution in [1.82, 2.24) is 14.9 Å². The van der Waals surface area contributed by atoms with Gasteiger partial charge in [-0.05, 0) is 37.1 Å². The molecule has 0 saturated carbocycles. The number of benzene rings is 2. The molecule has 1 heterocycles. The summed E-state index contributed by atoms with van der Waals surface area (Å²) in [6, 6.07) is 14.3. The molecule has 0 radical (unpaired) electrons. The number of amides is 1. The third-order valence-electron chi connectivity index (χ3n) is 4.73. The molecule has 31 heavy (non-hydrogen) atoms. The summed E-state index contributed by atoms with van der Waals surface area (Å²) in [6.07, 6.45) is 0.840. The van der Waals surface area contributed by atoms with Crippen LogP contribution in [-0.2, 0) is 16.1 Å². The maximum Gasteiger partial charge on any atom is 0.337 e. The smallest absolute Gasteiger partial charge is 0.337 e. The van der Waals surface area contributed by atoms with Gasteiger partial charge in [-0.15, -0.1) is 0 Å². The molecule has 3 rings (SSSR count). The van der Waals surface area contributed by atoms with Crippen molar-refractivity contribution < 1.29 is 14.3 Å². The van der Waals surface area contributed by atoms with Gasteiger partial charge in [-0.1, -0.05) is 49.0 Å². The molecule has 2 aromatic carbocycles. The van der Waals surface area contributed by atoms with E-state index in [0.717, 1.165) is 12.0 Å². The van der Waals surface area contributed by atoms with Crippen molar-refractivity contribution in [3.05, 3.63) is 70.0 Å². The minimum atomic E-state index is -0.501. The van der Waals surface area contributed by atoms with Gasteiger partial charge in [-0.3, -0.25) is 14.2 Å². The highest BCUT2D eigenvalue weighted by Gasteiger charge is 2.20. The van der Waals surface area contributed by atoms with Crippen molar-refractivity contribution >= 4 is 34.5 Å². The average molecular weight is 440 g/mol. The van der Waals surface area contributed by atoms with Crippen molar-refractivity contribution in [1.29, 1.82) is 0 Å². The maximum atomic E-state index is 13.3. The van der Waals surface area contributed by atoms with Crippen LogP contribution in [-0.4, -0.2) is 40.3 Å². The number of carbonyl (C=O) groups is 2. The fraction of sp³-hybridized carbons (Fsp3) is 0.304. The van der Waals surface area contributed by atoms with E-state index in [0.29, 0.717) is 34.7 Å². The summed E-state index contributed by atoms with van der Waals surface area (Å²) in [5.74, 6) is -0.616. The highest BCUT2D eigenvalue weighted by Crippen LogP contribution is 2.24. The number of rotatable bonds is 8. The van der Waals surface area contributed by atoms with Crippen LogP contribution in [0.3, 0.4) is 0 Å². The molecule has 7 nitrogen and oxygen atoms in total. The van der Waals surface area contributed by atoms with E-state index in [1.165, 1.54) is 18.9 Å². The lowest BCUT2D eigenvalue weighted by molar-refractivity contribution is -0.120. The number of fused-ring (bicyclic) bond motifs is 1. The predicted molar refractivity (Wildman–Crippen MR) is 122 cm³/mol. The van der Waals surface area contributed by atoms with E-state index in [2.05, 4.69) is 10.3 Å². The number of thioether (sulfide) groups is 1. The van der Waals surface area contributed by atoms with E-state index >= 15 is 0 Å². The fourth-order valence-electron chi connectivity index (χ4n) is 3.04. The molecule has 0 bridgehead atoms. The topological polar surface area (TPSA) is 90.3 Å². The van der Waals surface area contributed by atoms with E-state index in [4.69, 9.17) is 4.74 Å². The minimum Gasteiger partial charge on any atom is -0.465 e. The molecule has 1 amide bonds. The summed E-state index contributed by atoms with van der Waals surface area (Å²) < 4.78 is 6.35. The Labute approximate surface area is 184 Å². The number of ether oxygens (including phenoxy) is 1. The van der Waals surface area contributed by atoms with Crippen molar-refractivity contribution in [2.75, 3.05) is 13.7 Å². The Balaban J connectivity index is 2.08. The normalized spacial score (nSPS) is 11.8. The Hall–Kier alpha value is -3.13. The van der Waals surface area contributed by atoms with Gasteiger partial charge in [0.1, 0.15) is 0 Å². The summed E-state index contributed by atoms with van der Waals surface area (Å²) in [6.45, 7) is 4.68. The zero-order chi connectivity index (χ0) is 22.4. The van der Waals surface area contributed by atoms with Crippen LogP contribution in [0, 0.1) is 0 Å². The fourth-order valence-corrected chi connectivity index (χ4v) is 3.98. The first kappa shape index (κ1) is 22.6. The molecule has 0 saturated heterocycles. The molecule has 3 aromatic rings. The van der Waals surface area contributed by atoms with Gasteiger partial charge in [0.05, 0.1) is 35.4 Å². The van der Waals surface area contributed by atoms with Gasteiger partial charge in [-0.2, -0.15) is 0 Å². The van der Waals surface area contributed by atoms with Gasteiger partial charge in [0.25, 0.3) is 5.56 Å². The van der Waals surface area contributed by atoms with Gasteiger partial charge < -0.3 is 10.1 Å². The standard InChI is InChI=1S/C23H25N3O4S/c1-4-12-24-20(27)15(2)31-23-25-19-13-17(22(29)30-3)10-11-18(19)21(28)26(23)14-16-8-6-5-7-9-16/h5-11,13,15H,4,12,14H2,1-3H3,(H,24,27)/t15-/m1/s1. The molecule has 1 atom stereocenters. The van der Waals surface area contributed by atoms with Crippen LogP contribution in [0.15, 0.2) is 58.5 Å². The Morgan fingerprint density at radius 1 is 1.19 bits per heavy atom. The zero-order valence-electron chi connectivity index (χ0n) is 17.8. The lowest BCUT2D eigenvalue weighted by atomic mass is 10.1. The molecule has 0 aliphatic heterocycles. The molecule has 0 aliphatic carbocycles. The summed E-state index contributed by atoms with van der Waals surface area (Å²) in [4.78, 5) is 42.3. The van der Waals surface area contributed by atoms with E-state index in [1.807, 2.05) is 37.3 Å². The molecule has 1 N–H and O–H groups in total. The van der Waals surface area contributed by atoms with Crippen LogP contribution in [0.4, 0.5) is 0 Å². The second kappa shape index (κ2) is 10.3. The Kier molecular flexibility index (Phi) is 7.46. The lowest BCUT2D eigenvalue weighted by Crippen LogP contribution is -2.32. The highest BCUT2D eigenvalue weighted by molar-refractivity contribution is 8.00. The maximum absolute atomic E-state index is 13.3. The van der Waals surface area contributed by atoms with E-state index in [1.54, 1.807) is 29.7 Å². The van der Waals surface area contributed by atoms with E-state index < -0.39 is 11.2 Å². The SMILES string of the molecule is CCCNC(=O)[C@@H](C)Sc1nc2cc(C(=O)OC)ccc2c(=O)n1Cc1ccccc1. The number of nitrogens with one attached hydrogen (secondary N) is 1. The number of hydrogen-bond donors (Lipinski definition) is 1. The third kappa shape index (κ3) is 5.32. The molecular formula is C23H25N3O4S. The van der Waals surface area contributed by atoms with Crippen molar-refractivity contribution in [3.63, 3.8) is 0 Å². The summed E-state index contributed by atoms with van der Waals surface area (Å²) in [5, 5.41) is 3.24. The van der Waals surface area contributed by atoms with Crippen LogP contribution in [0.2, 0.25) is 0 Å². The van der Waals surface area contributed by atoms with Crippen molar-refractivity contribution in [3.8, 4) is 0 Å². The first-order valence-electron chi connectivity index (χ1n) is 10.1. The molecular weight excluding hydrogens is 414 g/mol. The summed E-state index contributed by atoms with van der Waals surface area (Å²) >= 11 is 1.22. The van der Waals surface area contributed by atoms with Crippen LogP contribution in [0.25, 0.3) is 10.9 Å². The number of aromatic nitrogens is 2. The second-order valence-corrected chi connectivity index (χ2v) is 8.35. The monoisotopic (exact) mass is 439 g/mol. The largest absolute Gasteiger partial charge is 0.465 e. The molecule has 8 heteroatoms. The van der Waals surface area contributed by atoms with Gasteiger partial charge in [0.2, 0.25) is 5.91 Å². The first-order chi connectivity index (χ1) is 14.9. The summed E-state index contributed by atoms with van der Waals surface area (Å²) in [5.41, 5.74) is 1.42. The van der Waals surface area contributed by atoms with Crippen molar-refractivity contribution in [2.24, 2.45) is 0 Å². The Morgan fingerprint density at radius 2 is 1.94 bits per heavy atom. The summed E-state index contributed by atoms with van der Waals surface area (Å²) in [7, 11) is 1.30. The number of nitrogens with zero attached hydrogens (tertiary/aromatic N) is 2. The van der Waals surface area contributed by atoms with Crippen LogP contribution in [0.5, 0.6) is 0 Å². The first-order valence-corrected chi connectivity index (χ1v) is 10.9. The Bertz CT molecular complexity index is 1140. The quantitative estimate of drug-likeness (QED) is 0.329. The van der Waals surface area contributed by atoms with Gasteiger partial charge >= 0.3 is 5.97 Å². The number of esters is 1. The molecule has 0 fully saturated rings. The highest BCUT2D eigenvalue weighted by atomic mass is 32.2. The van der Waals surface area contributed by atoms with Crippen molar-refractivity contribution in [2.45, 2.75) is 37.2 Å². The number of hydrogen-bond acceptors (Lipinski definition) is 6. The lowest BCUT2D eigenvalue weighted by Gasteiger charge is -2.16. The molecule has 1 aromatic heterocycles. The second-order valence-electron chi connectivity index (χ2n) is 7.05. The average Bonchev–Trinajstić information content (AvgIpc) is 2.79.